The van der Waals surface area contributed by atoms with Crippen LogP contribution in [0.4, 0.5) is 18.9 Å². The Morgan fingerprint density at radius 3 is 2.59 bits per heavy atom. The van der Waals surface area contributed by atoms with Crippen LogP contribution in [0.1, 0.15) is 23.6 Å². The number of anilines is 1. The van der Waals surface area contributed by atoms with Gasteiger partial charge in [0.2, 0.25) is 5.91 Å². The molecule has 0 aliphatic carbocycles. The van der Waals surface area contributed by atoms with Gasteiger partial charge in [-0.25, -0.2) is 0 Å². The molecule has 0 unspecified atom stereocenters. The van der Waals surface area contributed by atoms with Gasteiger partial charge in [-0.05, 0) is 38.3 Å². The molecule has 0 bridgehead atoms. The Morgan fingerprint density at radius 1 is 1.12 bits per heavy atom. The van der Waals surface area contributed by atoms with Crippen LogP contribution in [-0.4, -0.2) is 74.0 Å². The Hall–Kier alpha value is -2.78. The molecular formula is C25H33F3N4O2. The quantitative estimate of drug-likeness (QED) is 0.592. The van der Waals surface area contributed by atoms with Crippen molar-refractivity contribution in [1.82, 2.24) is 14.7 Å². The predicted octanol–water partition coefficient (Wildman–Crippen LogP) is 3.92. The van der Waals surface area contributed by atoms with E-state index in [4.69, 9.17) is 4.74 Å². The second kappa shape index (κ2) is 11.6. The molecule has 0 saturated carbocycles. The zero-order valence-corrected chi connectivity index (χ0v) is 20.0. The van der Waals surface area contributed by atoms with Gasteiger partial charge in [-0.2, -0.15) is 13.2 Å². The minimum Gasteiger partial charge on any atom is -0.490 e. The van der Waals surface area contributed by atoms with Crippen molar-refractivity contribution in [1.29, 1.82) is 0 Å². The largest absolute Gasteiger partial charge is 0.490 e. The number of nitrogens with one attached hydrogen (secondary N) is 1. The number of ether oxygens (including phenoxy) is 1. The predicted molar refractivity (Wildman–Crippen MR) is 127 cm³/mol. The summed E-state index contributed by atoms with van der Waals surface area (Å²) < 4.78 is 46.4. The topological polar surface area (TPSA) is 48.1 Å². The number of carbonyl (C=O) groups is 1. The minimum absolute atomic E-state index is 0.0427. The number of para-hydroxylation sites is 1. The molecule has 1 aliphatic rings. The third-order valence-corrected chi connectivity index (χ3v) is 5.88. The van der Waals surface area contributed by atoms with Crippen LogP contribution in [0.2, 0.25) is 0 Å². The van der Waals surface area contributed by atoms with Gasteiger partial charge in [0.25, 0.3) is 0 Å². The van der Waals surface area contributed by atoms with Crippen LogP contribution < -0.4 is 10.1 Å². The molecule has 0 radical (unpaired) electrons. The Labute approximate surface area is 199 Å². The van der Waals surface area contributed by atoms with E-state index in [-0.39, 0.29) is 24.6 Å². The highest BCUT2D eigenvalue weighted by Gasteiger charge is 2.33. The number of carbonyl (C=O) groups excluding carboxylic acids is 1. The van der Waals surface area contributed by atoms with E-state index >= 15 is 0 Å². The van der Waals surface area contributed by atoms with Gasteiger partial charge in [0.05, 0.1) is 17.8 Å². The second-order valence-corrected chi connectivity index (χ2v) is 8.64. The average molecular weight is 479 g/mol. The highest BCUT2D eigenvalue weighted by atomic mass is 19.4. The van der Waals surface area contributed by atoms with Crippen molar-refractivity contribution >= 4 is 11.6 Å². The number of nitrogens with zero attached hydrogens (tertiary/aromatic N) is 3. The van der Waals surface area contributed by atoms with Crippen LogP contribution >= 0.6 is 0 Å². The molecule has 34 heavy (non-hydrogen) atoms. The summed E-state index contributed by atoms with van der Waals surface area (Å²) in [6.07, 6.45) is -4.48. The van der Waals surface area contributed by atoms with Gasteiger partial charge in [-0.3, -0.25) is 9.69 Å². The van der Waals surface area contributed by atoms with E-state index in [2.05, 4.69) is 17.1 Å². The summed E-state index contributed by atoms with van der Waals surface area (Å²) in [4.78, 5) is 18.8. The fourth-order valence-electron chi connectivity index (χ4n) is 3.92. The molecule has 0 spiro atoms. The number of rotatable bonds is 9. The van der Waals surface area contributed by atoms with Crippen molar-refractivity contribution in [3.8, 4) is 5.75 Å². The first kappa shape index (κ1) is 25.8. The highest BCUT2D eigenvalue weighted by Crippen LogP contribution is 2.33. The minimum atomic E-state index is -4.48. The zero-order chi connectivity index (χ0) is 24.7. The number of hydrogen-bond donors (Lipinski definition) is 1. The number of hydrogen-bond acceptors (Lipinski definition) is 5. The first-order valence-electron chi connectivity index (χ1n) is 11.5. The Balaban J connectivity index is 1.75. The van der Waals surface area contributed by atoms with Gasteiger partial charge in [0.15, 0.2) is 0 Å². The molecule has 1 aliphatic heterocycles. The molecule has 6 nitrogen and oxygen atoms in total. The molecule has 0 saturated heterocycles. The van der Waals surface area contributed by atoms with Crippen molar-refractivity contribution < 1.29 is 22.7 Å². The summed E-state index contributed by atoms with van der Waals surface area (Å²) in [6, 6.07) is 11.2. The molecule has 9 heteroatoms. The summed E-state index contributed by atoms with van der Waals surface area (Å²) in [7, 11) is 3.72. The molecule has 0 aromatic heterocycles. The molecule has 3 rings (SSSR count). The van der Waals surface area contributed by atoms with Crippen LogP contribution in [-0.2, 0) is 24.1 Å². The van der Waals surface area contributed by atoms with Crippen molar-refractivity contribution in [3.63, 3.8) is 0 Å². The van der Waals surface area contributed by atoms with Crippen LogP contribution in [0.15, 0.2) is 42.5 Å². The summed E-state index contributed by atoms with van der Waals surface area (Å²) >= 11 is 0. The highest BCUT2D eigenvalue weighted by molar-refractivity contribution is 5.81. The van der Waals surface area contributed by atoms with Gasteiger partial charge in [0, 0.05) is 38.3 Å². The van der Waals surface area contributed by atoms with Gasteiger partial charge in [-0.1, -0.05) is 37.3 Å². The van der Waals surface area contributed by atoms with Crippen molar-refractivity contribution in [2.75, 3.05) is 58.7 Å². The first-order valence-corrected chi connectivity index (χ1v) is 11.5. The molecule has 186 valence electrons. The third kappa shape index (κ3) is 6.87. The monoisotopic (exact) mass is 478 g/mol. The number of amides is 1. The maximum Gasteiger partial charge on any atom is 0.416 e. The standard InChI is InChI=1S/C25H33F3N4O2/c1-4-31-14-15-34-24-20(17-31)9-7-11-22(24)29-16-23(33)32(13-12-30(2)3)18-19-8-5-6-10-21(19)25(26,27)28/h5-11,29H,4,12-18H2,1-3H3. The number of benzene rings is 2. The molecule has 1 amide bonds. The van der Waals surface area contributed by atoms with Crippen molar-refractivity contribution in [2.24, 2.45) is 0 Å². The molecule has 2 aromatic rings. The van der Waals surface area contributed by atoms with E-state index in [0.29, 0.717) is 25.4 Å². The Bertz CT molecular complexity index is 965. The molecular weight excluding hydrogens is 445 g/mol. The average Bonchev–Trinajstić information content (AvgIpc) is 3.02. The lowest BCUT2D eigenvalue weighted by atomic mass is 10.1. The van der Waals surface area contributed by atoms with Crippen LogP contribution in [0.5, 0.6) is 5.75 Å². The maximum atomic E-state index is 13.5. The third-order valence-electron chi connectivity index (χ3n) is 5.88. The van der Waals surface area contributed by atoms with E-state index < -0.39 is 11.7 Å². The SMILES string of the molecule is CCN1CCOc2c(cccc2NCC(=O)N(CCN(C)C)Cc2ccccc2C(F)(F)F)C1. The van der Waals surface area contributed by atoms with Gasteiger partial charge in [0.1, 0.15) is 12.4 Å². The molecule has 0 atom stereocenters. The normalized spacial score (nSPS) is 14.3. The lowest BCUT2D eigenvalue weighted by Gasteiger charge is -2.26. The fraction of sp³-hybridized carbons (Fsp3) is 0.480. The number of alkyl halides is 3. The van der Waals surface area contributed by atoms with Crippen LogP contribution in [0, 0.1) is 0 Å². The van der Waals surface area contributed by atoms with Crippen molar-refractivity contribution in [3.05, 3.63) is 59.2 Å². The lowest BCUT2D eigenvalue weighted by molar-refractivity contribution is -0.139. The van der Waals surface area contributed by atoms with Crippen LogP contribution in [0.3, 0.4) is 0 Å². The Kier molecular flexibility index (Phi) is 8.79. The summed E-state index contributed by atoms with van der Waals surface area (Å²) in [5.74, 6) is 0.453. The number of fused-ring (bicyclic) bond motifs is 1. The number of likely N-dealkylation sites (N-methyl/N-ethyl adjacent to an activating group) is 2. The Morgan fingerprint density at radius 2 is 1.88 bits per heavy atom. The zero-order valence-electron chi connectivity index (χ0n) is 20.0. The fourth-order valence-corrected chi connectivity index (χ4v) is 3.92. The van der Waals surface area contributed by atoms with Crippen molar-refractivity contribution in [2.45, 2.75) is 26.2 Å². The van der Waals surface area contributed by atoms with Gasteiger partial charge in [-0.15, -0.1) is 0 Å². The molecule has 0 fully saturated rings. The summed E-state index contributed by atoms with van der Waals surface area (Å²) in [5.41, 5.74) is 1.12. The molecule has 2 aromatic carbocycles. The first-order chi connectivity index (χ1) is 16.2. The maximum absolute atomic E-state index is 13.5. The molecule has 1 N–H and O–H groups in total. The van der Waals surface area contributed by atoms with Gasteiger partial charge >= 0.3 is 6.18 Å². The van der Waals surface area contributed by atoms with Crippen LogP contribution in [0.25, 0.3) is 0 Å². The molecule has 1 heterocycles. The summed E-state index contributed by atoms with van der Waals surface area (Å²) in [6.45, 7) is 5.85. The summed E-state index contributed by atoms with van der Waals surface area (Å²) in [5, 5.41) is 3.16. The van der Waals surface area contributed by atoms with Gasteiger partial charge < -0.3 is 19.9 Å². The number of halogens is 3. The smallest absolute Gasteiger partial charge is 0.416 e. The van der Waals surface area contributed by atoms with E-state index in [1.54, 1.807) is 6.07 Å². The van der Waals surface area contributed by atoms with E-state index in [0.717, 1.165) is 37.0 Å². The second-order valence-electron chi connectivity index (χ2n) is 8.64. The lowest BCUT2D eigenvalue weighted by Crippen LogP contribution is -2.39. The van der Waals surface area contributed by atoms with E-state index in [9.17, 15) is 18.0 Å². The van der Waals surface area contributed by atoms with E-state index in [1.807, 2.05) is 37.2 Å². The van der Waals surface area contributed by atoms with E-state index in [1.165, 1.54) is 17.0 Å².